The number of alkyl halides is 1. The smallest absolute Gasteiger partial charge is 0.0108 e. The van der Waals surface area contributed by atoms with Gasteiger partial charge in [-0.2, -0.15) is 0 Å². The third kappa shape index (κ3) is 9.59. The molecule has 0 bridgehead atoms. The second kappa shape index (κ2) is 18.5. The van der Waals surface area contributed by atoms with Crippen LogP contribution in [0.15, 0.2) is 182 Å². The van der Waals surface area contributed by atoms with Crippen LogP contribution in [0.1, 0.15) is 0 Å². The van der Waals surface area contributed by atoms with E-state index in [1.165, 1.54) is 38.2 Å². The fourth-order valence-corrected chi connectivity index (χ4v) is 8.97. The number of hydrogen-bond acceptors (Lipinski definition) is 0. The first kappa shape index (κ1) is 32.6. The molecule has 41 heavy (non-hydrogen) atoms. The Morgan fingerprint density at radius 2 is 0.390 bits per heavy atom. The van der Waals surface area contributed by atoms with Gasteiger partial charge < -0.3 is 0 Å². The molecule has 0 unspecified atom stereocenters. The van der Waals surface area contributed by atoms with Crippen LogP contribution in [-0.2, 0) is 20.4 Å². The molecule has 6 aromatic rings. The molecule has 0 heterocycles. The SMILES string of the molecule is CCl.[Pd].c1ccc(P(c2ccccc2)c2ccccc2)cc1.c1ccc(P(c2ccccc2)c2ccccc2)cc1. The molecule has 0 spiro atoms. The van der Waals surface area contributed by atoms with Crippen molar-refractivity contribution < 1.29 is 20.4 Å². The van der Waals surface area contributed by atoms with Gasteiger partial charge in [-0.1, -0.05) is 182 Å². The molecule has 0 saturated carbocycles. The van der Waals surface area contributed by atoms with Gasteiger partial charge in [0.1, 0.15) is 0 Å². The van der Waals surface area contributed by atoms with Crippen LogP contribution in [0.4, 0.5) is 0 Å². The average molecular weight is 681 g/mol. The molecule has 0 aliphatic carbocycles. The molecule has 0 saturated heterocycles. The third-order valence-corrected chi connectivity index (χ3v) is 11.0. The monoisotopic (exact) mass is 680 g/mol. The summed E-state index contributed by atoms with van der Waals surface area (Å²) < 4.78 is 0. The van der Waals surface area contributed by atoms with Crippen molar-refractivity contribution in [1.82, 2.24) is 0 Å². The predicted octanol–water partition coefficient (Wildman–Crippen LogP) is 7.74. The van der Waals surface area contributed by atoms with Crippen LogP contribution in [-0.4, -0.2) is 6.38 Å². The van der Waals surface area contributed by atoms with E-state index in [1.54, 1.807) is 0 Å². The molecular weight excluding hydrogens is 648 g/mol. The van der Waals surface area contributed by atoms with Crippen molar-refractivity contribution in [3.05, 3.63) is 182 Å². The second-order valence-corrected chi connectivity index (χ2v) is 13.1. The fourth-order valence-electron chi connectivity index (χ4n) is 4.36. The molecule has 0 aromatic heterocycles. The molecule has 0 aliphatic rings. The van der Waals surface area contributed by atoms with Gasteiger partial charge in [-0.05, 0) is 47.7 Å². The first-order valence-corrected chi connectivity index (χ1v) is 16.6. The molecule has 0 amide bonds. The number of benzene rings is 6. The summed E-state index contributed by atoms with van der Waals surface area (Å²) in [5.74, 6) is 0. The van der Waals surface area contributed by atoms with Crippen LogP contribution >= 0.6 is 27.4 Å². The summed E-state index contributed by atoms with van der Waals surface area (Å²) in [6.45, 7) is 0. The van der Waals surface area contributed by atoms with Gasteiger partial charge in [0.2, 0.25) is 0 Å². The Labute approximate surface area is 266 Å². The molecule has 208 valence electrons. The Bertz CT molecular complexity index is 1180. The van der Waals surface area contributed by atoms with Crippen molar-refractivity contribution in [2.45, 2.75) is 0 Å². The van der Waals surface area contributed by atoms with Gasteiger partial charge >= 0.3 is 0 Å². The van der Waals surface area contributed by atoms with Gasteiger partial charge in [0, 0.05) is 26.8 Å². The quantitative estimate of drug-likeness (QED) is 0.0960. The Morgan fingerprint density at radius 3 is 0.512 bits per heavy atom. The first-order chi connectivity index (χ1) is 19.9. The number of halogens is 1. The second-order valence-electron chi connectivity index (χ2n) is 8.68. The summed E-state index contributed by atoms with van der Waals surface area (Å²) in [7, 11) is -0.892. The summed E-state index contributed by atoms with van der Waals surface area (Å²) in [4.78, 5) is 0. The van der Waals surface area contributed by atoms with Gasteiger partial charge in [0.15, 0.2) is 0 Å². The Hall–Kier alpha value is -2.87. The summed E-state index contributed by atoms with van der Waals surface area (Å²) in [5, 5.41) is 8.39. The summed E-state index contributed by atoms with van der Waals surface area (Å²) in [6, 6.07) is 64.7. The van der Waals surface area contributed by atoms with E-state index < -0.39 is 15.8 Å². The normalized spacial score (nSPS) is 9.95. The van der Waals surface area contributed by atoms with E-state index in [-0.39, 0.29) is 20.4 Å². The molecule has 6 rings (SSSR count). The third-order valence-electron chi connectivity index (χ3n) is 6.09. The zero-order valence-electron chi connectivity index (χ0n) is 22.9. The number of rotatable bonds is 6. The van der Waals surface area contributed by atoms with Crippen molar-refractivity contribution in [1.29, 1.82) is 0 Å². The summed E-state index contributed by atoms with van der Waals surface area (Å²) in [5.41, 5.74) is 0. The van der Waals surface area contributed by atoms with E-state index in [0.717, 1.165) is 0 Å². The van der Waals surface area contributed by atoms with E-state index >= 15 is 0 Å². The topological polar surface area (TPSA) is 0 Å². The van der Waals surface area contributed by atoms with Crippen LogP contribution in [0, 0.1) is 0 Å². The Kier molecular flexibility index (Phi) is 14.8. The van der Waals surface area contributed by atoms with Gasteiger partial charge in [-0.15, -0.1) is 11.6 Å². The van der Waals surface area contributed by atoms with Crippen LogP contribution in [0.2, 0.25) is 0 Å². The molecule has 0 atom stereocenters. The van der Waals surface area contributed by atoms with Crippen molar-refractivity contribution in [3.63, 3.8) is 0 Å². The summed E-state index contributed by atoms with van der Waals surface area (Å²) >= 11 is 4.64. The Morgan fingerprint density at radius 1 is 0.268 bits per heavy atom. The number of hydrogen-bond donors (Lipinski definition) is 0. The van der Waals surface area contributed by atoms with Gasteiger partial charge in [-0.3, -0.25) is 0 Å². The maximum atomic E-state index is 4.64. The molecule has 0 fully saturated rings. The molecule has 0 radical (unpaired) electrons. The van der Waals surface area contributed by atoms with Crippen LogP contribution in [0.25, 0.3) is 0 Å². The van der Waals surface area contributed by atoms with Crippen molar-refractivity contribution >= 4 is 59.3 Å². The molecule has 0 nitrogen and oxygen atoms in total. The van der Waals surface area contributed by atoms with Crippen LogP contribution in [0.5, 0.6) is 0 Å². The van der Waals surface area contributed by atoms with Crippen LogP contribution in [0.3, 0.4) is 0 Å². The zero-order valence-corrected chi connectivity index (χ0v) is 27.0. The molecule has 6 aromatic carbocycles. The minimum atomic E-state index is -0.446. The maximum absolute atomic E-state index is 4.64. The Balaban J connectivity index is 0.000000208. The predicted molar refractivity (Wildman–Crippen MR) is 182 cm³/mol. The molecule has 4 heteroatoms. The van der Waals surface area contributed by atoms with Gasteiger partial charge in [0.25, 0.3) is 0 Å². The largest absolute Gasteiger partial charge is 0.130 e. The molecule has 0 aliphatic heterocycles. The fraction of sp³-hybridized carbons (Fsp3) is 0.0270. The first-order valence-electron chi connectivity index (χ1n) is 13.2. The van der Waals surface area contributed by atoms with E-state index in [9.17, 15) is 0 Å². The van der Waals surface area contributed by atoms with E-state index in [4.69, 9.17) is 0 Å². The summed E-state index contributed by atoms with van der Waals surface area (Å²) in [6.07, 6.45) is 1.47. The van der Waals surface area contributed by atoms with E-state index in [2.05, 4.69) is 194 Å². The minimum absolute atomic E-state index is 0. The van der Waals surface area contributed by atoms with Crippen molar-refractivity contribution in [3.8, 4) is 0 Å². The maximum Gasteiger partial charge on any atom is 0.0108 e. The van der Waals surface area contributed by atoms with E-state index in [1.807, 2.05) is 0 Å². The van der Waals surface area contributed by atoms with Gasteiger partial charge in [-0.25, -0.2) is 0 Å². The zero-order chi connectivity index (χ0) is 27.8. The van der Waals surface area contributed by atoms with Crippen molar-refractivity contribution in [2.24, 2.45) is 0 Å². The molecular formula is C37H33ClP2Pd. The van der Waals surface area contributed by atoms with Gasteiger partial charge in [0.05, 0.1) is 0 Å². The minimum Gasteiger partial charge on any atom is -0.130 e. The van der Waals surface area contributed by atoms with Crippen LogP contribution < -0.4 is 31.8 Å². The molecule has 0 N–H and O–H groups in total. The van der Waals surface area contributed by atoms with Crippen molar-refractivity contribution in [2.75, 3.05) is 6.38 Å². The van der Waals surface area contributed by atoms with E-state index in [0.29, 0.717) is 0 Å². The average Bonchev–Trinajstić information content (AvgIpc) is 3.06. The standard InChI is InChI=1S/2C18H15P.CH3Cl.Pd/c2*1-4-10-16(11-5-1)19(17-12-6-2-7-13-17)18-14-8-3-9-15-18;1-2;/h2*1-15H;1H3;.